The van der Waals surface area contributed by atoms with Crippen molar-refractivity contribution in [3.05, 3.63) is 36.5 Å². The molecule has 2 nitrogen and oxygen atoms in total. The van der Waals surface area contributed by atoms with E-state index < -0.39 is 0 Å². The number of allylic oxidation sites excluding steroid dienone is 4. The predicted octanol–water partition coefficient (Wildman–Crippen LogP) is 2.70. The van der Waals surface area contributed by atoms with Crippen LogP contribution in [0, 0.1) is 0 Å². The van der Waals surface area contributed by atoms with E-state index in [1.165, 1.54) is 44.7 Å². The Kier molecular flexibility index (Phi) is 6.23. The average Bonchev–Trinajstić information content (AvgIpc) is 2.29. The van der Waals surface area contributed by atoms with Crippen LogP contribution in [0.25, 0.3) is 0 Å². The zero-order valence-electron chi connectivity index (χ0n) is 11.4. The lowest BCUT2D eigenvalue weighted by atomic mass is 10.1. The molecule has 2 heteroatoms. The summed E-state index contributed by atoms with van der Waals surface area (Å²) < 4.78 is 0. The van der Waals surface area contributed by atoms with E-state index in [-0.39, 0.29) is 0 Å². The smallest absolute Gasteiger partial charge is 0.0110 e. The third-order valence-electron chi connectivity index (χ3n) is 3.17. The predicted molar refractivity (Wildman–Crippen MR) is 76.3 cm³/mol. The number of hydrogen-bond acceptors (Lipinski definition) is 2. The molecule has 0 N–H and O–H groups in total. The summed E-state index contributed by atoms with van der Waals surface area (Å²) in [4.78, 5) is 4.95. The van der Waals surface area contributed by atoms with E-state index in [1.54, 1.807) is 0 Å². The van der Waals surface area contributed by atoms with E-state index in [0.29, 0.717) is 0 Å². The van der Waals surface area contributed by atoms with Gasteiger partial charge >= 0.3 is 0 Å². The Hall–Kier alpha value is -0.860. The van der Waals surface area contributed by atoms with E-state index in [1.807, 2.05) is 13.0 Å². The lowest BCUT2D eigenvalue weighted by Crippen LogP contribution is -2.44. The lowest BCUT2D eigenvalue weighted by molar-refractivity contribution is 0.153. The van der Waals surface area contributed by atoms with E-state index in [9.17, 15) is 0 Å². The van der Waals surface area contributed by atoms with Gasteiger partial charge in [-0.2, -0.15) is 0 Å². The van der Waals surface area contributed by atoms with Gasteiger partial charge in [0.2, 0.25) is 0 Å². The monoisotopic (exact) mass is 234 g/mol. The first-order valence-corrected chi connectivity index (χ1v) is 6.50. The quantitative estimate of drug-likeness (QED) is 0.652. The van der Waals surface area contributed by atoms with Crippen LogP contribution in [0.15, 0.2) is 36.5 Å². The van der Waals surface area contributed by atoms with Crippen molar-refractivity contribution in [2.75, 3.05) is 39.8 Å². The van der Waals surface area contributed by atoms with Crippen LogP contribution in [0.5, 0.6) is 0 Å². The summed E-state index contributed by atoms with van der Waals surface area (Å²) in [5.74, 6) is 0. The fourth-order valence-corrected chi connectivity index (χ4v) is 1.94. The van der Waals surface area contributed by atoms with Crippen molar-refractivity contribution >= 4 is 0 Å². The third kappa shape index (κ3) is 6.44. The molecule has 1 fully saturated rings. The summed E-state index contributed by atoms with van der Waals surface area (Å²) in [6.45, 7) is 16.0. The molecule has 0 spiro atoms. The van der Waals surface area contributed by atoms with Crippen molar-refractivity contribution in [3.63, 3.8) is 0 Å². The molecule has 1 rings (SSSR count). The summed E-state index contributed by atoms with van der Waals surface area (Å²) >= 11 is 0. The van der Waals surface area contributed by atoms with Crippen LogP contribution in [0.3, 0.4) is 0 Å². The SMILES string of the molecule is C=C(C)/C=C/C(=C)CCCN1CCN(C)CC1. The lowest BCUT2D eigenvalue weighted by Gasteiger charge is -2.32. The van der Waals surface area contributed by atoms with Gasteiger partial charge in [-0.15, -0.1) is 0 Å². The number of nitrogens with zero attached hydrogens (tertiary/aromatic N) is 2. The highest BCUT2D eigenvalue weighted by atomic mass is 15.2. The fourth-order valence-electron chi connectivity index (χ4n) is 1.94. The van der Waals surface area contributed by atoms with Crippen LogP contribution in [0.4, 0.5) is 0 Å². The summed E-state index contributed by atoms with van der Waals surface area (Å²) in [6.07, 6.45) is 6.43. The molecule has 96 valence electrons. The van der Waals surface area contributed by atoms with Crippen LogP contribution in [0.2, 0.25) is 0 Å². The molecule has 0 saturated carbocycles. The zero-order valence-corrected chi connectivity index (χ0v) is 11.4. The highest BCUT2D eigenvalue weighted by molar-refractivity contribution is 5.22. The summed E-state index contributed by atoms with van der Waals surface area (Å²) in [5, 5.41) is 0. The number of piperazine rings is 1. The first-order chi connectivity index (χ1) is 8.08. The number of rotatable bonds is 6. The van der Waals surface area contributed by atoms with Crippen LogP contribution in [-0.2, 0) is 0 Å². The molecule has 1 aliphatic rings. The van der Waals surface area contributed by atoms with Crippen LogP contribution < -0.4 is 0 Å². The van der Waals surface area contributed by atoms with Gasteiger partial charge in [-0.05, 0) is 33.4 Å². The van der Waals surface area contributed by atoms with E-state index in [4.69, 9.17) is 0 Å². The highest BCUT2D eigenvalue weighted by Crippen LogP contribution is 2.08. The second kappa shape index (κ2) is 7.46. The molecule has 0 bridgehead atoms. The molecule has 1 saturated heterocycles. The fraction of sp³-hybridized carbons (Fsp3) is 0.600. The number of hydrogen-bond donors (Lipinski definition) is 0. The Bertz CT molecular complexity index is 283. The third-order valence-corrected chi connectivity index (χ3v) is 3.17. The van der Waals surface area contributed by atoms with Crippen molar-refractivity contribution in [2.24, 2.45) is 0 Å². The summed E-state index contributed by atoms with van der Waals surface area (Å²) in [7, 11) is 2.20. The van der Waals surface area contributed by atoms with Crippen LogP contribution in [0.1, 0.15) is 19.8 Å². The normalized spacial score (nSPS) is 18.7. The molecule has 0 aliphatic carbocycles. The molecule has 0 aromatic rings. The van der Waals surface area contributed by atoms with Crippen molar-refractivity contribution in [1.29, 1.82) is 0 Å². The zero-order chi connectivity index (χ0) is 12.7. The largest absolute Gasteiger partial charge is 0.304 e. The van der Waals surface area contributed by atoms with Crippen LogP contribution >= 0.6 is 0 Å². The molecule has 17 heavy (non-hydrogen) atoms. The van der Waals surface area contributed by atoms with Gasteiger partial charge in [-0.25, -0.2) is 0 Å². The maximum atomic E-state index is 4.07. The minimum atomic E-state index is 1.09. The molecule has 1 aliphatic heterocycles. The average molecular weight is 234 g/mol. The van der Waals surface area contributed by atoms with Gasteiger partial charge in [-0.3, -0.25) is 0 Å². The summed E-state index contributed by atoms with van der Waals surface area (Å²) in [6, 6.07) is 0. The maximum absolute atomic E-state index is 4.07. The number of likely N-dealkylation sites (N-methyl/N-ethyl adjacent to an activating group) is 1. The van der Waals surface area contributed by atoms with Crippen molar-refractivity contribution in [2.45, 2.75) is 19.8 Å². The Morgan fingerprint density at radius 3 is 2.35 bits per heavy atom. The maximum Gasteiger partial charge on any atom is 0.0110 e. The van der Waals surface area contributed by atoms with E-state index in [2.05, 4.69) is 36.1 Å². The minimum Gasteiger partial charge on any atom is -0.304 e. The topological polar surface area (TPSA) is 6.48 Å². The van der Waals surface area contributed by atoms with Crippen molar-refractivity contribution in [3.8, 4) is 0 Å². The summed E-state index contributed by atoms with van der Waals surface area (Å²) in [5.41, 5.74) is 2.30. The molecule has 0 radical (unpaired) electrons. The minimum absolute atomic E-state index is 1.09. The van der Waals surface area contributed by atoms with Gasteiger partial charge in [-0.1, -0.05) is 36.5 Å². The molecular formula is C15H26N2. The van der Waals surface area contributed by atoms with Crippen molar-refractivity contribution < 1.29 is 0 Å². The van der Waals surface area contributed by atoms with E-state index >= 15 is 0 Å². The van der Waals surface area contributed by atoms with Gasteiger partial charge in [0.25, 0.3) is 0 Å². The van der Waals surface area contributed by atoms with Gasteiger partial charge in [0.05, 0.1) is 0 Å². The second-order valence-corrected chi connectivity index (χ2v) is 5.09. The Morgan fingerprint density at radius 1 is 1.12 bits per heavy atom. The molecule has 0 aromatic carbocycles. The standard InChI is InChI=1S/C15H26N2/c1-14(2)7-8-15(3)6-5-9-17-12-10-16(4)11-13-17/h7-8H,1,3,5-6,9-13H2,2,4H3/b8-7+. The first kappa shape index (κ1) is 14.2. The highest BCUT2D eigenvalue weighted by Gasteiger charge is 2.12. The van der Waals surface area contributed by atoms with E-state index in [0.717, 1.165) is 12.0 Å². The van der Waals surface area contributed by atoms with Crippen LogP contribution in [-0.4, -0.2) is 49.6 Å². The van der Waals surface area contributed by atoms with Crippen molar-refractivity contribution in [1.82, 2.24) is 9.80 Å². The first-order valence-electron chi connectivity index (χ1n) is 6.50. The van der Waals surface area contributed by atoms with Gasteiger partial charge in [0, 0.05) is 26.2 Å². The Labute approximate surface area is 106 Å². The second-order valence-electron chi connectivity index (χ2n) is 5.09. The molecule has 0 aromatic heterocycles. The van der Waals surface area contributed by atoms with Gasteiger partial charge in [0.15, 0.2) is 0 Å². The van der Waals surface area contributed by atoms with Gasteiger partial charge in [0.1, 0.15) is 0 Å². The Balaban J connectivity index is 2.11. The molecule has 0 atom stereocenters. The molecule has 0 unspecified atom stereocenters. The molecule has 0 amide bonds. The van der Waals surface area contributed by atoms with Gasteiger partial charge < -0.3 is 9.80 Å². The molecular weight excluding hydrogens is 208 g/mol. The Morgan fingerprint density at radius 2 is 1.76 bits per heavy atom. The molecule has 1 heterocycles.